The van der Waals surface area contributed by atoms with Crippen LogP contribution in [0.5, 0.6) is 0 Å². The summed E-state index contributed by atoms with van der Waals surface area (Å²) in [6.45, 7) is 3.97. The lowest BCUT2D eigenvalue weighted by Crippen LogP contribution is -2.53. The molecular formula is C12H16O2. The van der Waals surface area contributed by atoms with Crippen LogP contribution in [0.3, 0.4) is 0 Å². The average Bonchev–Trinajstić information content (AvgIpc) is 2.16. The van der Waals surface area contributed by atoms with Gasteiger partial charge in [-0.15, -0.1) is 0 Å². The van der Waals surface area contributed by atoms with Gasteiger partial charge < -0.3 is 5.11 Å². The topological polar surface area (TPSA) is 37.3 Å². The van der Waals surface area contributed by atoms with Crippen LogP contribution in [0.4, 0.5) is 0 Å². The molecule has 2 aliphatic carbocycles. The molecule has 0 aromatic carbocycles. The van der Waals surface area contributed by atoms with Gasteiger partial charge in [0.15, 0.2) is 5.78 Å². The Balaban J connectivity index is 2.53. The summed E-state index contributed by atoms with van der Waals surface area (Å²) >= 11 is 0. The van der Waals surface area contributed by atoms with Crippen molar-refractivity contribution >= 4 is 5.78 Å². The second kappa shape index (κ2) is 2.80. The number of hydrogen-bond donors (Lipinski definition) is 1. The Morgan fingerprint density at radius 3 is 2.64 bits per heavy atom. The van der Waals surface area contributed by atoms with E-state index in [1.807, 2.05) is 19.9 Å². The molecule has 0 saturated carbocycles. The first-order valence-electron chi connectivity index (χ1n) is 5.06. The van der Waals surface area contributed by atoms with Gasteiger partial charge in [0.05, 0.1) is 6.10 Å². The van der Waals surface area contributed by atoms with Crippen molar-refractivity contribution in [1.29, 1.82) is 0 Å². The first-order valence-corrected chi connectivity index (χ1v) is 5.06. The molecule has 2 aliphatic rings. The SMILES string of the molecule is CC12CC=CCC1(C)C(O)C=CC2=O. The van der Waals surface area contributed by atoms with Gasteiger partial charge in [-0.25, -0.2) is 0 Å². The predicted molar refractivity (Wildman–Crippen MR) is 54.7 cm³/mol. The van der Waals surface area contributed by atoms with Crippen molar-refractivity contribution in [3.63, 3.8) is 0 Å². The minimum atomic E-state index is -0.504. The Hall–Kier alpha value is -0.890. The minimum absolute atomic E-state index is 0.148. The van der Waals surface area contributed by atoms with Crippen molar-refractivity contribution in [3.8, 4) is 0 Å². The molecule has 14 heavy (non-hydrogen) atoms. The summed E-state index contributed by atoms with van der Waals surface area (Å²) < 4.78 is 0. The van der Waals surface area contributed by atoms with Gasteiger partial charge in [-0.2, -0.15) is 0 Å². The number of carbonyl (C=O) groups excluding carboxylic acids is 1. The number of ketones is 1. The molecule has 0 saturated heterocycles. The van der Waals surface area contributed by atoms with Gasteiger partial charge in [0.2, 0.25) is 0 Å². The van der Waals surface area contributed by atoms with Gasteiger partial charge in [-0.1, -0.05) is 32.1 Å². The number of hydrogen-bond acceptors (Lipinski definition) is 2. The third-order valence-corrected chi connectivity index (χ3v) is 4.12. The summed E-state index contributed by atoms with van der Waals surface area (Å²) in [6.07, 6.45) is 8.29. The van der Waals surface area contributed by atoms with E-state index in [1.54, 1.807) is 6.08 Å². The van der Waals surface area contributed by atoms with Crippen LogP contribution >= 0.6 is 0 Å². The Kier molecular flexibility index (Phi) is 1.93. The second-order valence-electron chi connectivity index (χ2n) is 4.80. The van der Waals surface area contributed by atoms with Crippen molar-refractivity contribution < 1.29 is 9.90 Å². The van der Waals surface area contributed by atoms with Crippen molar-refractivity contribution in [1.82, 2.24) is 0 Å². The summed E-state index contributed by atoms with van der Waals surface area (Å²) in [6, 6.07) is 0. The van der Waals surface area contributed by atoms with Crippen LogP contribution in [-0.2, 0) is 4.79 Å². The number of aliphatic hydroxyl groups excluding tert-OH is 1. The van der Waals surface area contributed by atoms with Crippen molar-refractivity contribution in [2.45, 2.75) is 32.8 Å². The zero-order chi connectivity index (χ0) is 10.4. The first-order chi connectivity index (χ1) is 6.51. The molecule has 0 bridgehead atoms. The maximum absolute atomic E-state index is 11.9. The van der Waals surface area contributed by atoms with Crippen LogP contribution in [-0.4, -0.2) is 17.0 Å². The van der Waals surface area contributed by atoms with Crippen LogP contribution in [0.15, 0.2) is 24.3 Å². The van der Waals surface area contributed by atoms with Gasteiger partial charge in [-0.05, 0) is 18.9 Å². The summed E-state index contributed by atoms with van der Waals surface area (Å²) in [5, 5.41) is 9.97. The van der Waals surface area contributed by atoms with Crippen LogP contribution in [0, 0.1) is 10.8 Å². The lowest BCUT2D eigenvalue weighted by atomic mass is 9.53. The number of fused-ring (bicyclic) bond motifs is 1. The highest BCUT2D eigenvalue weighted by atomic mass is 16.3. The Labute approximate surface area is 84.3 Å². The third kappa shape index (κ3) is 0.976. The Morgan fingerprint density at radius 2 is 2.00 bits per heavy atom. The molecule has 1 N–H and O–H groups in total. The molecule has 0 aliphatic heterocycles. The molecule has 2 rings (SSSR count). The Bertz CT molecular complexity index is 329. The number of rotatable bonds is 0. The van der Waals surface area contributed by atoms with E-state index >= 15 is 0 Å². The number of carbonyl (C=O) groups is 1. The summed E-state index contributed by atoms with van der Waals surface area (Å²) in [5.74, 6) is 0.148. The van der Waals surface area contributed by atoms with Crippen LogP contribution in [0.2, 0.25) is 0 Å². The lowest BCUT2D eigenvalue weighted by Gasteiger charge is -2.50. The van der Waals surface area contributed by atoms with Gasteiger partial charge in [0.25, 0.3) is 0 Å². The largest absolute Gasteiger partial charge is 0.388 e. The maximum Gasteiger partial charge on any atom is 0.162 e. The monoisotopic (exact) mass is 192 g/mol. The number of aliphatic hydroxyl groups is 1. The van der Waals surface area contributed by atoms with Crippen LogP contribution in [0.1, 0.15) is 26.7 Å². The van der Waals surface area contributed by atoms with E-state index in [9.17, 15) is 9.90 Å². The molecule has 3 unspecified atom stereocenters. The molecule has 2 heteroatoms. The zero-order valence-electron chi connectivity index (χ0n) is 8.66. The summed E-state index contributed by atoms with van der Waals surface area (Å²) in [7, 11) is 0. The normalized spacial score (nSPS) is 46.5. The smallest absolute Gasteiger partial charge is 0.162 e. The molecule has 0 aromatic rings. The average molecular weight is 192 g/mol. The van der Waals surface area contributed by atoms with E-state index in [2.05, 4.69) is 6.08 Å². The van der Waals surface area contributed by atoms with E-state index in [0.717, 1.165) is 12.8 Å². The van der Waals surface area contributed by atoms with Crippen molar-refractivity contribution in [2.75, 3.05) is 0 Å². The fraction of sp³-hybridized carbons (Fsp3) is 0.583. The molecular weight excluding hydrogens is 176 g/mol. The maximum atomic E-state index is 11.9. The van der Waals surface area contributed by atoms with E-state index in [-0.39, 0.29) is 11.2 Å². The summed E-state index contributed by atoms with van der Waals surface area (Å²) in [5.41, 5.74) is -0.747. The standard InChI is InChI=1S/C12H16O2/c1-11-7-3-4-8-12(11,2)10(14)6-5-9(11)13/h3-6,9,13H,7-8H2,1-2H3. The highest BCUT2D eigenvalue weighted by molar-refractivity contribution is 5.96. The van der Waals surface area contributed by atoms with Gasteiger partial charge in [0, 0.05) is 10.8 Å². The zero-order valence-corrected chi connectivity index (χ0v) is 8.66. The minimum Gasteiger partial charge on any atom is -0.388 e. The third-order valence-electron chi connectivity index (χ3n) is 4.12. The van der Waals surface area contributed by atoms with Gasteiger partial charge in [0.1, 0.15) is 0 Å². The van der Waals surface area contributed by atoms with Crippen LogP contribution in [0.25, 0.3) is 0 Å². The second-order valence-corrected chi connectivity index (χ2v) is 4.80. The fourth-order valence-corrected chi connectivity index (χ4v) is 2.51. The summed E-state index contributed by atoms with van der Waals surface area (Å²) in [4.78, 5) is 11.9. The highest BCUT2D eigenvalue weighted by Gasteiger charge is 2.54. The van der Waals surface area contributed by atoms with E-state index < -0.39 is 11.5 Å². The van der Waals surface area contributed by atoms with Gasteiger partial charge >= 0.3 is 0 Å². The fourth-order valence-electron chi connectivity index (χ4n) is 2.51. The molecule has 76 valence electrons. The molecule has 0 radical (unpaired) electrons. The molecule has 0 heterocycles. The van der Waals surface area contributed by atoms with Gasteiger partial charge in [-0.3, -0.25) is 4.79 Å². The molecule has 2 nitrogen and oxygen atoms in total. The molecule has 0 spiro atoms. The first kappa shape index (κ1) is 9.66. The van der Waals surface area contributed by atoms with E-state index in [1.165, 1.54) is 6.08 Å². The van der Waals surface area contributed by atoms with Crippen molar-refractivity contribution in [3.05, 3.63) is 24.3 Å². The predicted octanol–water partition coefficient (Wildman–Crippen LogP) is 1.85. The van der Waals surface area contributed by atoms with Crippen LogP contribution < -0.4 is 0 Å². The van der Waals surface area contributed by atoms with E-state index in [4.69, 9.17) is 0 Å². The van der Waals surface area contributed by atoms with Crippen molar-refractivity contribution in [2.24, 2.45) is 10.8 Å². The molecule has 0 amide bonds. The molecule has 3 atom stereocenters. The Morgan fingerprint density at radius 1 is 1.36 bits per heavy atom. The molecule has 0 fully saturated rings. The lowest BCUT2D eigenvalue weighted by molar-refractivity contribution is -0.138. The highest BCUT2D eigenvalue weighted by Crippen LogP contribution is 2.53. The quantitative estimate of drug-likeness (QED) is 0.595. The van der Waals surface area contributed by atoms with E-state index in [0.29, 0.717) is 0 Å². The number of allylic oxidation sites excluding steroid dienone is 3. The molecule has 0 aromatic heterocycles.